The molecule has 1 saturated heterocycles. The van der Waals surface area contributed by atoms with Crippen molar-refractivity contribution in [3.8, 4) is 0 Å². The quantitative estimate of drug-likeness (QED) is 0.674. The molecule has 0 aliphatic carbocycles. The molecule has 3 nitrogen and oxygen atoms in total. The summed E-state index contributed by atoms with van der Waals surface area (Å²) in [5.74, 6) is 0.410. The summed E-state index contributed by atoms with van der Waals surface area (Å²) in [5, 5.41) is 3.53. The molecule has 0 aromatic heterocycles. The maximum absolute atomic E-state index is 10.1. The Morgan fingerprint density at radius 3 is 2.46 bits per heavy atom. The number of carbonyl (C=O) groups excluding carboxylic acids is 1. The molecule has 0 spiro atoms. The van der Waals surface area contributed by atoms with Crippen molar-refractivity contribution < 1.29 is 9.53 Å². The number of rotatable bonds is 3. The fourth-order valence-electron chi connectivity index (χ4n) is 2.32. The first-order valence-corrected chi connectivity index (χ1v) is 4.72. The molecule has 1 aliphatic heterocycles. The van der Waals surface area contributed by atoms with E-state index in [2.05, 4.69) is 33.0 Å². The minimum Gasteiger partial charge on any atom is -0.468 e. The Balaban J connectivity index is 2.59. The van der Waals surface area contributed by atoms with Crippen LogP contribution in [0, 0.1) is 5.92 Å². The van der Waals surface area contributed by atoms with Gasteiger partial charge in [0.2, 0.25) is 0 Å². The van der Waals surface area contributed by atoms with Crippen molar-refractivity contribution in [1.82, 2.24) is 5.32 Å². The molecule has 0 aromatic carbocycles. The zero-order valence-corrected chi connectivity index (χ0v) is 8.89. The van der Waals surface area contributed by atoms with Crippen LogP contribution in [0.25, 0.3) is 0 Å². The molecule has 0 aromatic rings. The Hall–Kier alpha value is -0.570. The average molecular weight is 185 g/mol. The normalized spacial score (nSPS) is 30.0. The fraction of sp³-hybridized carbons (Fsp3) is 0.900. The number of hydrogen-bond donors (Lipinski definition) is 1. The summed E-state index contributed by atoms with van der Waals surface area (Å²) in [6.45, 7) is 9.71. The second-order valence-corrected chi connectivity index (χ2v) is 5.06. The van der Waals surface area contributed by atoms with E-state index in [1.54, 1.807) is 0 Å². The summed E-state index contributed by atoms with van der Waals surface area (Å²) in [5.41, 5.74) is 0.215. The topological polar surface area (TPSA) is 38.3 Å². The lowest BCUT2D eigenvalue weighted by molar-refractivity contribution is -0.130. The number of nitrogens with one attached hydrogen (secondary N) is 1. The molecule has 1 rings (SSSR count). The molecule has 1 heterocycles. The van der Waals surface area contributed by atoms with Crippen LogP contribution in [-0.4, -0.2) is 24.2 Å². The van der Waals surface area contributed by atoms with E-state index < -0.39 is 0 Å². The second kappa shape index (κ2) is 3.29. The van der Waals surface area contributed by atoms with Crippen LogP contribution in [-0.2, 0) is 9.53 Å². The molecule has 76 valence electrons. The first-order valence-electron chi connectivity index (χ1n) is 4.72. The summed E-state index contributed by atoms with van der Waals surface area (Å²) < 4.78 is 4.83. The lowest BCUT2D eigenvalue weighted by Gasteiger charge is -2.27. The van der Waals surface area contributed by atoms with Crippen molar-refractivity contribution in [1.29, 1.82) is 0 Å². The molecule has 0 amide bonds. The minimum atomic E-state index is 0.0620. The molecular weight excluding hydrogens is 166 g/mol. The highest BCUT2D eigenvalue weighted by Gasteiger charge is 2.44. The molecule has 1 unspecified atom stereocenters. The highest BCUT2D eigenvalue weighted by Crippen LogP contribution is 2.35. The maximum Gasteiger partial charge on any atom is 0.293 e. The molecule has 13 heavy (non-hydrogen) atoms. The Morgan fingerprint density at radius 2 is 2.08 bits per heavy atom. The Bertz CT molecular complexity index is 199. The summed E-state index contributed by atoms with van der Waals surface area (Å²) >= 11 is 0. The van der Waals surface area contributed by atoms with E-state index in [9.17, 15) is 4.79 Å². The van der Waals surface area contributed by atoms with E-state index in [0.29, 0.717) is 19.0 Å². The Labute approximate surface area is 79.8 Å². The van der Waals surface area contributed by atoms with Crippen molar-refractivity contribution >= 4 is 6.47 Å². The lowest BCUT2D eigenvalue weighted by Crippen LogP contribution is -2.45. The van der Waals surface area contributed by atoms with Gasteiger partial charge in [0.05, 0.1) is 6.61 Å². The molecular formula is C10H19NO2. The van der Waals surface area contributed by atoms with Crippen LogP contribution in [0.2, 0.25) is 0 Å². The summed E-state index contributed by atoms with van der Waals surface area (Å²) in [7, 11) is 0. The van der Waals surface area contributed by atoms with Gasteiger partial charge in [0.25, 0.3) is 6.47 Å². The third-order valence-electron chi connectivity index (χ3n) is 2.80. The predicted molar refractivity (Wildman–Crippen MR) is 51.4 cm³/mol. The molecule has 3 heteroatoms. The van der Waals surface area contributed by atoms with E-state index in [4.69, 9.17) is 4.74 Å². The van der Waals surface area contributed by atoms with Gasteiger partial charge >= 0.3 is 0 Å². The Morgan fingerprint density at radius 1 is 1.46 bits per heavy atom. The number of hydrogen-bond acceptors (Lipinski definition) is 3. The van der Waals surface area contributed by atoms with E-state index in [-0.39, 0.29) is 11.1 Å². The van der Waals surface area contributed by atoms with E-state index in [1.165, 1.54) is 0 Å². The standard InChI is InChI=1S/C10H19NO2/c1-9(2)5-8(6-13-7-12)10(3,4)11-9/h7-8,11H,5-6H2,1-4H3. The van der Waals surface area contributed by atoms with Crippen molar-refractivity contribution in [3.05, 3.63) is 0 Å². The number of carbonyl (C=O) groups is 1. The van der Waals surface area contributed by atoms with Gasteiger partial charge in [0.1, 0.15) is 0 Å². The van der Waals surface area contributed by atoms with Crippen molar-refractivity contribution in [3.63, 3.8) is 0 Å². The van der Waals surface area contributed by atoms with Gasteiger partial charge in [-0.05, 0) is 34.1 Å². The van der Waals surface area contributed by atoms with Crippen LogP contribution in [0.4, 0.5) is 0 Å². The second-order valence-electron chi connectivity index (χ2n) is 5.06. The minimum absolute atomic E-state index is 0.0620. The van der Waals surface area contributed by atoms with E-state index >= 15 is 0 Å². The molecule has 1 atom stereocenters. The van der Waals surface area contributed by atoms with Crippen LogP contribution in [0.1, 0.15) is 34.1 Å². The van der Waals surface area contributed by atoms with Crippen molar-refractivity contribution in [2.75, 3.05) is 6.61 Å². The Kier molecular flexibility index (Phi) is 2.66. The largest absolute Gasteiger partial charge is 0.468 e. The first-order chi connectivity index (χ1) is 5.87. The van der Waals surface area contributed by atoms with E-state index in [0.717, 1.165) is 6.42 Å². The van der Waals surface area contributed by atoms with Gasteiger partial charge in [-0.25, -0.2) is 0 Å². The summed E-state index contributed by atoms with van der Waals surface area (Å²) in [4.78, 5) is 10.1. The highest BCUT2D eigenvalue weighted by atomic mass is 16.5. The average Bonchev–Trinajstić information content (AvgIpc) is 2.14. The van der Waals surface area contributed by atoms with Crippen LogP contribution >= 0.6 is 0 Å². The van der Waals surface area contributed by atoms with Gasteiger partial charge in [-0.15, -0.1) is 0 Å². The van der Waals surface area contributed by atoms with Crippen LogP contribution < -0.4 is 5.32 Å². The van der Waals surface area contributed by atoms with Crippen molar-refractivity contribution in [2.45, 2.75) is 45.2 Å². The van der Waals surface area contributed by atoms with Gasteiger partial charge in [-0.1, -0.05) is 0 Å². The molecule has 1 aliphatic rings. The number of ether oxygens (including phenoxy) is 1. The van der Waals surface area contributed by atoms with Crippen LogP contribution in [0.5, 0.6) is 0 Å². The molecule has 0 saturated carbocycles. The zero-order chi connectivity index (χ0) is 10.1. The molecule has 0 radical (unpaired) electrons. The molecule has 1 fully saturated rings. The highest BCUT2D eigenvalue weighted by molar-refractivity contribution is 5.37. The smallest absolute Gasteiger partial charge is 0.293 e. The monoisotopic (exact) mass is 185 g/mol. The van der Waals surface area contributed by atoms with Gasteiger partial charge < -0.3 is 10.1 Å². The third-order valence-corrected chi connectivity index (χ3v) is 2.80. The fourth-order valence-corrected chi connectivity index (χ4v) is 2.32. The van der Waals surface area contributed by atoms with Gasteiger partial charge in [-0.3, -0.25) is 4.79 Å². The molecule has 0 bridgehead atoms. The predicted octanol–water partition coefficient (Wildman–Crippen LogP) is 1.33. The molecule has 1 N–H and O–H groups in total. The third kappa shape index (κ3) is 2.44. The SMILES string of the molecule is CC1(C)CC(COC=O)C(C)(C)N1. The van der Waals surface area contributed by atoms with Crippen LogP contribution in [0.15, 0.2) is 0 Å². The van der Waals surface area contributed by atoms with Crippen LogP contribution in [0.3, 0.4) is 0 Å². The first kappa shape index (κ1) is 10.5. The van der Waals surface area contributed by atoms with Gasteiger partial charge in [0.15, 0.2) is 0 Å². The van der Waals surface area contributed by atoms with E-state index in [1.807, 2.05) is 0 Å². The van der Waals surface area contributed by atoms with Gasteiger partial charge in [0, 0.05) is 17.0 Å². The maximum atomic E-state index is 10.1. The summed E-state index contributed by atoms with van der Waals surface area (Å²) in [6, 6.07) is 0. The lowest BCUT2D eigenvalue weighted by atomic mass is 9.88. The zero-order valence-electron chi connectivity index (χ0n) is 8.89. The van der Waals surface area contributed by atoms with Gasteiger partial charge in [-0.2, -0.15) is 0 Å². The summed E-state index contributed by atoms with van der Waals surface area (Å²) in [6.07, 6.45) is 1.05. The van der Waals surface area contributed by atoms with Crippen molar-refractivity contribution in [2.24, 2.45) is 5.92 Å².